The lowest BCUT2D eigenvalue weighted by Gasteiger charge is -2.15. The predicted octanol–water partition coefficient (Wildman–Crippen LogP) is 4.54. The monoisotopic (exact) mass is 485 g/mol. The van der Waals surface area contributed by atoms with Crippen molar-refractivity contribution in [3.05, 3.63) is 90.1 Å². The second-order valence-corrected chi connectivity index (χ2v) is 9.24. The van der Waals surface area contributed by atoms with Crippen LogP contribution in [0, 0.1) is 0 Å². The molecule has 9 heteroatoms. The first-order valence-electron chi connectivity index (χ1n) is 10.7. The van der Waals surface area contributed by atoms with Crippen molar-refractivity contribution in [1.82, 2.24) is 4.98 Å². The number of aromatic nitrogens is 1. The number of aromatic amines is 1. The molecule has 1 aromatic heterocycles. The van der Waals surface area contributed by atoms with E-state index in [9.17, 15) is 24.3 Å². The molecular formula is C26H19N3O5S. The second kappa shape index (κ2) is 9.11. The number of amides is 3. The maximum atomic E-state index is 13.1. The number of nitrogens with one attached hydrogen (secondary N) is 2. The van der Waals surface area contributed by atoms with Gasteiger partial charge in [-0.25, -0.2) is 9.69 Å². The molecule has 0 radical (unpaired) electrons. The Morgan fingerprint density at radius 1 is 0.971 bits per heavy atom. The molecule has 0 spiro atoms. The number of aromatic carboxylic acids is 1. The van der Waals surface area contributed by atoms with Gasteiger partial charge in [0.1, 0.15) is 0 Å². The molecule has 1 saturated heterocycles. The van der Waals surface area contributed by atoms with E-state index in [0.717, 1.165) is 10.9 Å². The van der Waals surface area contributed by atoms with Gasteiger partial charge in [0.05, 0.1) is 22.1 Å². The van der Waals surface area contributed by atoms with E-state index in [1.54, 1.807) is 54.7 Å². The van der Waals surface area contributed by atoms with E-state index in [4.69, 9.17) is 0 Å². The third-order valence-electron chi connectivity index (χ3n) is 5.67. The van der Waals surface area contributed by atoms with Crippen LogP contribution in [-0.2, 0) is 9.59 Å². The lowest BCUT2D eigenvalue weighted by molar-refractivity contribution is -0.121. The minimum Gasteiger partial charge on any atom is -0.478 e. The summed E-state index contributed by atoms with van der Waals surface area (Å²) in [5.41, 5.74) is 1.77. The van der Waals surface area contributed by atoms with Crippen LogP contribution < -0.4 is 10.2 Å². The van der Waals surface area contributed by atoms with Gasteiger partial charge in [-0.2, -0.15) is 0 Å². The van der Waals surface area contributed by atoms with Crippen molar-refractivity contribution in [2.45, 2.75) is 16.6 Å². The molecule has 0 saturated carbocycles. The number of fused-ring (bicyclic) bond motifs is 1. The first kappa shape index (κ1) is 22.4. The summed E-state index contributed by atoms with van der Waals surface area (Å²) in [6.07, 6.45) is 1.86. The molecule has 35 heavy (non-hydrogen) atoms. The summed E-state index contributed by atoms with van der Waals surface area (Å²) in [5.74, 6) is -2.31. The number of hydrogen-bond donors (Lipinski definition) is 3. The summed E-state index contributed by atoms with van der Waals surface area (Å²) >= 11 is 1.25. The number of rotatable bonds is 6. The average Bonchev–Trinajstić information content (AvgIpc) is 3.42. The standard InChI is InChI=1S/C26H19N3O5S/c30-23-14-22(25(32)29(23)17-9-8-15-10-11-27-21(15)13-17)35-18-5-3-4-16(12-18)28-24(31)19-6-1-2-7-20(19)26(33)34/h1-13,22,27H,14H2,(H,28,31)(H,33,34). The van der Waals surface area contributed by atoms with E-state index in [-0.39, 0.29) is 29.4 Å². The van der Waals surface area contributed by atoms with Crippen LogP contribution in [0.2, 0.25) is 0 Å². The third kappa shape index (κ3) is 4.41. The smallest absolute Gasteiger partial charge is 0.336 e. The first-order valence-corrected chi connectivity index (χ1v) is 11.6. The summed E-state index contributed by atoms with van der Waals surface area (Å²) < 4.78 is 0. The normalized spacial score (nSPS) is 15.5. The number of imide groups is 1. The molecule has 5 rings (SSSR count). The van der Waals surface area contributed by atoms with Gasteiger partial charge in [0.25, 0.3) is 5.91 Å². The minimum absolute atomic E-state index is 0.0456. The number of carboxylic acids is 1. The van der Waals surface area contributed by atoms with Crippen molar-refractivity contribution in [3.8, 4) is 0 Å². The maximum Gasteiger partial charge on any atom is 0.336 e. The molecule has 1 atom stereocenters. The fourth-order valence-corrected chi connectivity index (χ4v) is 5.13. The number of thioether (sulfide) groups is 1. The van der Waals surface area contributed by atoms with Crippen LogP contribution in [-0.4, -0.2) is 39.0 Å². The molecule has 1 unspecified atom stereocenters. The van der Waals surface area contributed by atoms with E-state index in [1.807, 2.05) is 12.1 Å². The number of anilines is 2. The largest absolute Gasteiger partial charge is 0.478 e. The predicted molar refractivity (Wildman–Crippen MR) is 133 cm³/mol. The molecule has 1 aliphatic heterocycles. The summed E-state index contributed by atoms with van der Waals surface area (Å²) in [5, 5.41) is 12.4. The van der Waals surface area contributed by atoms with Gasteiger partial charge in [-0.3, -0.25) is 14.4 Å². The van der Waals surface area contributed by atoms with Gasteiger partial charge in [0.15, 0.2) is 0 Å². The van der Waals surface area contributed by atoms with E-state index in [2.05, 4.69) is 10.3 Å². The number of nitrogens with zero attached hydrogens (tertiary/aromatic N) is 1. The molecule has 174 valence electrons. The molecule has 0 aliphatic carbocycles. The Morgan fingerprint density at radius 2 is 1.77 bits per heavy atom. The Morgan fingerprint density at radius 3 is 2.57 bits per heavy atom. The van der Waals surface area contributed by atoms with Gasteiger partial charge in [0.2, 0.25) is 11.8 Å². The highest BCUT2D eigenvalue weighted by Crippen LogP contribution is 2.35. The van der Waals surface area contributed by atoms with Crippen LogP contribution in [0.3, 0.4) is 0 Å². The fraction of sp³-hybridized carbons (Fsp3) is 0.0769. The summed E-state index contributed by atoms with van der Waals surface area (Å²) in [4.78, 5) is 54.9. The quantitative estimate of drug-likeness (QED) is 0.345. The van der Waals surface area contributed by atoms with Crippen molar-refractivity contribution in [2.24, 2.45) is 0 Å². The van der Waals surface area contributed by atoms with E-state index in [1.165, 1.54) is 28.8 Å². The van der Waals surface area contributed by atoms with Gasteiger partial charge in [-0.15, -0.1) is 11.8 Å². The molecule has 4 aromatic rings. The molecule has 8 nitrogen and oxygen atoms in total. The van der Waals surface area contributed by atoms with Gasteiger partial charge in [0, 0.05) is 28.7 Å². The Balaban J connectivity index is 1.31. The second-order valence-electron chi connectivity index (χ2n) is 7.96. The molecule has 0 bridgehead atoms. The Bertz CT molecular complexity index is 1500. The van der Waals surface area contributed by atoms with Crippen molar-refractivity contribution in [3.63, 3.8) is 0 Å². The summed E-state index contributed by atoms with van der Waals surface area (Å²) in [6, 6.07) is 20.1. The Labute approximate surface area is 203 Å². The summed E-state index contributed by atoms with van der Waals surface area (Å²) in [7, 11) is 0. The molecule has 2 heterocycles. The Hall–Kier alpha value is -4.37. The van der Waals surface area contributed by atoms with Gasteiger partial charge in [-0.05, 0) is 53.9 Å². The topological polar surface area (TPSA) is 120 Å². The van der Waals surface area contributed by atoms with Crippen LogP contribution in [0.25, 0.3) is 10.9 Å². The first-order chi connectivity index (χ1) is 16.9. The van der Waals surface area contributed by atoms with E-state index >= 15 is 0 Å². The van der Waals surface area contributed by atoms with Crippen LogP contribution in [0.1, 0.15) is 27.1 Å². The van der Waals surface area contributed by atoms with E-state index < -0.39 is 17.1 Å². The van der Waals surface area contributed by atoms with Gasteiger partial charge < -0.3 is 15.4 Å². The van der Waals surface area contributed by atoms with Crippen LogP contribution in [0.15, 0.2) is 83.9 Å². The average molecular weight is 486 g/mol. The zero-order valence-corrected chi connectivity index (χ0v) is 19.0. The molecule has 1 fully saturated rings. The van der Waals surface area contributed by atoms with Crippen LogP contribution in [0.5, 0.6) is 0 Å². The zero-order valence-electron chi connectivity index (χ0n) is 18.2. The molecule has 3 amide bonds. The van der Waals surface area contributed by atoms with Crippen molar-refractivity contribution in [1.29, 1.82) is 0 Å². The number of carbonyl (C=O) groups excluding carboxylic acids is 3. The van der Waals surface area contributed by atoms with Gasteiger partial charge in [-0.1, -0.05) is 24.3 Å². The van der Waals surface area contributed by atoms with Crippen molar-refractivity contribution >= 4 is 57.7 Å². The molecule has 3 N–H and O–H groups in total. The summed E-state index contributed by atoms with van der Waals surface area (Å²) in [6.45, 7) is 0. The van der Waals surface area contributed by atoms with Gasteiger partial charge >= 0.3 is 5.97 Å². The number of carbonyl (C=O) groups is 4. The lowest BCUT2D eigenvalue weighted by atomic mass is 10.1. The molecule has 1 aliphatic rings. The highest BCUT2D eigenvalue weighted by Gasteiger charge is 2.40. The third-order valence-corrected chi connectivity index (χ3v) is 6.85. The fourth-order valence-electron chi connectivity index (χ4n) is 4.02. The van der Waals surface area contributed by atoms with Crippen molar-refractivity contribution in [2.75, 3.05) is 10.2 Å². The highest BCUT2D eigenvalue weighted by atomic mass is 32.2. The van der Waals surface area contributed by atoms with Crippen LogP contribution >= 0.6 is 11.8 Å². The maximum absolute atomic E-state index is 13.1. The number of carboxylic acid groups (broad SMARTS) is 1. The van der Waals surface area contributed by atoms with E-state index in [0.29, 0.717) is 16.3 Å². The molecule has 3 aromatic carbocycles. The lowest BCUT2D eigenvalue weighted by Crippen LogP contribution is -2.31. The SMILES string of the molecule is O=C(O)c1ccccc1C(=O)Nc1cccc(SC2CC(=O)N(c3ccc4cc[nH]c4c3)C2=O)c1. The zero-order chi connectivity index (χ0) is 24.5. The highest BCUT2D eigenvalue weighted by molar-refractivity contribution is 8.00. The van der Waals surface area contributed by atoms with Crippen molar-refractivity contribution < 1.29 is 24.3 Å². The number of benzene rings is 3. The Kier molecular flexibility index (Phi) is 5.84. The molecular weight excluding hydrogens is 466 g/mol. The van der Waals surface area contributed by atoms with Crippen LogP contribution in [0.4, 0.5) is 11.4 Å². The minimum atomic E-state index is -1.19. The number of hydrogen-bond acceptors (Lipinski definition) is 5. The number of H-pyrrole nitrogens is 1.